The first-order chi connectivity index (χ1) is 11.6. The molecule has 0 spiro atoms. The Hall–Kier alpha value is 0.448. The number of hydrogen-bond donors (Lipinski definition) is 0. The molecule has 0 N–H and O–H groups in total. The first-order valence-electron chi connectivity index (χ1n) is 7.44. The molecule has 0 atom stereocenters. The van der Waals surface area contributed by atoms with E-state index in [9.17, 15) is 0 Å². The van der Waals surface area contributed by atoms with Crippen LogP contribution in [0.4, 0.5) is 0 Å². The second-order valence-electron chi connectivity index (χ2n) is 4.73. The van der Waals surface area contributed by atoms with Crippen molar-refractivity contribution in [2.45, 2.75) is 12.8 Å². The minimum Gasteiger partial charge on any atom is -1.00 e. The first-order valence-corrected chi connectivity index (χ1v) is 10.9. The van der Waals surface area contributed by atoms with E-state index >= 15 is 0 Å². The van der Waals surface area contributed by atoms with E-state index in [4.69, 9.17) is 26.6 Å². The maximum absolute atomic E-state index is 5.26. The molecule has 152 valence electrons. The Labute approximate surface area is 192 Å². The van der Waals surface area contributed by atoms with Gasteiger partial charge in [0, 0.05) is 42.7 Å². The summed E-state index contributed by atoms with van der Waals surface area (Å²) in [7, 11) is 4.45. The molecule has 0 bridgehead atoms. The van der Waals surface area contributed by atoms with E-state index in [1.165, 1.54) is 0 Å². The molecule has 2 aliphatic rings. The topological polar surface area (TPSA) is 55.4 Å². The van der Waals surface area contributed by atoms with Crippen LogP contribution in [0, 0.1) is 12.2 Å². The summed E-state index contributed by atoms with van der Waals surface area (Å²) in [6, 6.07) is 0. The van der Waals surface area contributed by atoms with E-state index < -0.39 is 17.6 Å². The van der Waals surface area contributed by atoms with Crippen molar-refractivity contribution in [3.05, 3.63) is 46.8 Å². The van der Waals surface area contributed by atoms with Crippen molar-refractivity contribution in [3.8, 4) is 0 Å². The summed E-state index contributed by atoms with van der Waals surface area (Å²) in [5, 5.41) is 1.85. The molecule has 11 heteroatoms. The van der Waals surface area contributed by atoms with Gasteiger partial charge in [0.15, 0.2) is 0 Å². The average molecular weight is 489 g/mol. The van der Waals surface area contributed by atoms with Gasteiger partial charge in [-0.05, 0) is 0 Å². The molecule has 6 nitrogen and oxygen atoms in total. The molecule has 0 heterocycles. The van der Waals surface area contributed by atoms with Crippen molar-refractivity contribution in [1.82, 2.24) is 0 Å². The van der Waals surface area contributed by atoms with E-state index in [0.717, 1.165) is 23.2 Å². The van der Waals surface area contributed by atoms with Crippen LogP contribution in [-0.2, 0) is 48.3 Å². The smallest absolute Gasteiger partial charge is 1.00 e. The Balaban J connectivity index is -0.000000384. The van der Waals surface area contributed by atoms with E-state index in [1.807, 2.05) is 24.3 Å². The zero-order chi connectivity index (χ0) is 18.1. The van der Waals surface area contributed by atoms with Crippen LogP contribution in [0.5, 0.6) is 0 Å². The molecule has 0 saturated heterocycles. The summed E-state index contributed by atoms with van der Waals surface area (Å²) in [5.41, 5.74) is 0. The molecule has 0 aromatic carbocycles. The largest absolute Gasteiger partial charge is 4.00 e. The predicted octanol–water partition coefficient (Wildman–Crippen LogP) is -3.81. The van der Waals surface area contributed by atoms with Gasteiger partial charge in [-0.15, -0.1) is 12.8 Å². The summed E-state index contributed by atoms with van der Waals surface area (Å²) < 4.78 is 31.6. The Morgan fingerprint density at radius 2 is 0.889 bits per heavy atom. The van der Waals surface area contributed by atoms with Gasteiger partial charge in [0.2, 0.25) is 0 Å². The van der Waals surface area contributed by atoms with Crippen molar-refractivity contribution < 1.29 is 73.1 Å². The number of rotatable bonds is 8. The van der Waals surface area contributed by atoms with Crippen LogP contribution >= 0.6 is 0 Å². The van der Waals surface area contributed by atoms with Crippen LogP contribution in [-0.4, -0.2) is 60.3 Å². The summed E-state index contributed by atoms with van der Waals surface area (Å²) in [6.07, 6.45) is 15.8. The summed E-state index contributed by atoms with van der Waals surface area (Å²) in [6.45, 7) is 0. The van der Waals surface area contributed by atoms with Crippen molar-refractivity contribution in [2.75, 3.05) is 42.7 Å². The standard InChI is InChI=1S/2C8H13O3Si.2ClH.Ti/c2*1-9-12(10-2,11-3)8-6-4-5-7-8;;;/h2*4,6H,5H2,1-3H3;2*1H;/q2*-1;;;+4/p-2. The second kappa shape index (κ2) is 16.3. The van der Waals surface area contributed by atoms with Gasteiger partial charge in [0.05, 0.1) is 0 Å². The van der Waals surface area contributed by atoms with Gasteiger partial charge in [0.25, 0.3) is 0 Å². The Bertz CT molecular complexity index is 459. The van der Waals surface area contributed by atoms with Crippen LogP contribution in [0.2, 0.25) is 0 Å². The van der Waals surface area contributed by atoms with E-state index in [1.54, 1.807) is 42.7 Å². The summed E-state index contributed by atoms with van der Waals surface area (Å²) in [5.74, 6) is 0. The van der Waals surface area contributed by atoms with Gasteiger partial charge in [-0.1, -0.05) is 0 Å². The SMILES string of the molecule is CO[Si](OC)(OC)C1=[C-]CC=C1.CO[Si](OC)(OC)C1=[C-]CC=C1.[Cl-].[Cl-].[Ti+4]. The average Bonchev–Trinajstić information content (AvgIpc) is 3.34. The zero-order valence-electron chi connectivity index (χ0n) is 16.4. The molecule has 0 aliphatic heterocycles. The molecule has 2 aliphatic carbocycles. The molecule has 0 aromatic rings. The van der Waals surface area contributed by atoms with Crippen LogP contribution in [0.15, 0.2) is 34.7 Å². The van der Waals surface area contributed by atoms with Crippen LogP contribution in [0.3, 0.4) is 0 Å². The molecular weight excluding hydrogens is 463 g/mol. The zero-order valence-corrected chi connectivity index (χ0v) is 21.5. The fourth-order valence-electron chi connectivity index (χ4n) is 2.39. The maximum Gasteiger partial charge on any atom is 4.00 e. The summed E-state index contributed by atoms with van der Waals surface area (Å²) in [4.78, 5) is 0. The van der Waals surface area contributed by atoms with E-state index in [2.05, 4.69) is 12.2 Å². The van der Waals surface area contributed by atoms with Gasteiger partial charge in [-0.25, -0.2) is 12.2 Å². The van der Waals surface area contributed by atoms with Crippen LogP contribution < -0.4 is 24.8 Å². The quantitative estimate of drug-likeness (QED) is 0.258. The Morgan fingerprint density at radius 1 is 0.630 bits per heavy atom. The minimum absolute atomic E-state index is 0. The van der Waals surface area contributed by atoms with E-state index in [0.29, 0.717) is 0 Å². The van der Waals surface area contributed by atoms with Gasteiger partial charge in [0.1, 0.15) is 0 Å². The van der Waals surface area contributed by atoms with Crippen molar-refractivity contribution >= 4 is 17.6 Å². The number of allylic oxidation sites excluding steroid dienone is 8. The van der Waals surface area contributed by atoms with Gasteiger partial charge in [-0.3, -0.25) is 12.2 Å². The predicted molar refractivity (Wildman–Crippen MR) is 94.6 cm³/mol. The third-order valence-electron chi connectivity index (χ3n) is 3.66. The van der Waals surface area contributed by atoms with Crippen molar-refractivity contribution in [1.29, 1.82) is 0 Å². The minimum atomic E-state index is -2.57. The number of halogens is 2. The van der Waals surface area contributed by atoms with Crippen molar-refractivity contribution in [3.63, 3.8) is 0 Å². The van der Waals surface area contributed by atoms with Crippen LogP contribution in [0.25, 0.3) is 0 Å². The Kier molecular flexibility index (Phi) is 19.4. The van der Waals surface area contributed by atoms with Crippen molar-refractivity contribution in [2.24, 2.45) is 0 Å². The number of hydrogen-bond acceptors (Lipinski definition) is 6. The molecule has 0 aromatic heterocycles. The van der Waals surface area contributed by atoms with E-state index in [-0.39, 0.29) is 46.5 Å². The maximum atomic E-state index is 5.26. The second-order valence-corrected chi connectivity index (χ2v) is 10.5. The molecule has 0 amide bonds. The fraction of sp³-hybridized carbons (Fsp3) is 0.500. The molecule has 27 heavy (non-hydrogen) atoms. The fourth-order valence-corrected chi connectivity index (χ4v) is 5.99. The summed E-state index contributed by atoms with van der Waals surface area (Å²) >= 11 is 0. The van der Waals surface area contributed by atoms with Gasteiger partial charge < -0.3 is 51.4 Å². The molecule has 0 fully saturated rings. The third-order valence-corrected chi connectivity index (χ3v) is 8.89. The first kappa shape index (κ1) is 32.1. The molecule has 0 unspecified atom stereocenters. The Morgan fingerprint density at radius 3 is 1.04 bits per heavy atom. The normalized spacial score (nSPS) is 14.9. The monoisotopic (exact) mass is 488 g/mol. The molecule has 2 rings (SSSR count). The van der Waals surface area contributed by atoms with Gasteiger partial charge in [-0.2, -0.15) is 22.5 Å². The molecule has 0 saturated carbocycles. The molecular formula is C16H26Cl2O6Si2Ti. The third kappa shape index (κ3) is 8.00. The molecule has 0 radical (unpaired) electrons. The van der Waals surface area contributed by atoms with Crippen LogP contribution in [0.1, 0.15) is 12.8 Å². The van der Waals surface area contributed by atoms with Gasteiger partial charge >= 0.3 is 39.3 Å².